The first kappa shape index (κ1) is 5.69. The van der Waals surface area contributed by atoms with Crippen LogP contribution in [-0.2, 0) is 4.74 Å². The second-order valence-electron chi connectivity index (χ2n) is 2.86. The highest BCUT2D eigenvalue weighted by atomic mass is 16.5. The Morgan fingerprint density at radius 3 is 2.67 bits per heavy atom. The summed E-state index contributed by atoms with van der Waals surface area (Å²) in [5.41, 5.74) is 0. The summed E-state index contributed by atoms with van der Waals surface area (Å²) in [7, 11) is 0. The molecule has 0 amide bonds. The average Bonchev–Trinajstić information content (AvgIpc) is 2.71. The molecule has 2 nitrogen and oxygen atoms in total. The van der Waals surface area contributed by atoms with Crippen molar-refractivity contribution in [2.75, 3.05) is 19.7 Å². The summed E-state index contributed by atoms with van der Waals surface area (Å²) in [5.74, 6) is 0. The number of hydrogen-bond acceptors (Lipinski definition) is 2. The van der Waals surface area contributed by atoms with E-state index in [1.165, 1.54) is 32.4 Å². The van der Waals surface area contributed by atoms with Crippen molar-refractivity contribution in [2.45, 2.75) is 25.5 Å². The van der Waals surface area contributed by atoms with Crippen molar-refractivity contribution >= 4 is 0 Å². The number of ether oxygens (including phenoxy) is 1. The smallest absolute Gasteiger partial charge is 0.110 e. The molecule has 9 heavy (non-hydrogen) atoms. The molecule has 0 aliphatic carbocycles. The van der Waals surface area contributed by atoms with Crippen molar-refractivity contribution in [3.05, 3.63) is 0 Å². The van der Waals surface area contributed by atoms with E-state index in [9.17, 15) is 0 Å². The summed E-state index contributed by atoms with van der Waals surface area (Å²) < 4.78 is 5.53. The van der Waals surface area contributed by atoms with Gasteiger partial charge in [0.15, 0.2) is 0 Å². The lowest BCUT2D eigenvalue weighted by molar-refractivity contribution is -0.0410. The molecule has 2 aliphatic heterocycles. The molecule has 2 heterocycles. The van der Waals surface area contributed by atoms with Crippen LogP contribution in [0.2, 0.25) is 0 Å². The van der Waals surface area contributed by atoms with Crippen LogP contribution in [0.4, 0.5) is 0 Å². The number of hydrogen-bond donors (Lipinski definition) is 0. The van der Waals surface area contributed by atoms with Crippen LogP contribution >= 0.6 is 0 Å². The van der Waals surface area contributed by atoms with Crippen LogP contribution in [-0.4, -0.2) is 30.8 Å². The van der Waals surface area contributed by atoms with Gasteiger partial charge >= 0.3 is 0 Å². The Kier molecular flexibility index (Phi) is 1.44. The molecule has 2 rings (SSSR count). The topological polar surface area (TPSA) is 12.2 Å². The summed E-state index contributed by atoms with van der Waals surface area (Å²) in [6.45, 7) is 3.52. The van der Waals surface area contributed by atoms with E-state index in [1.54, 1.807) is 0 Å². The van der Waals surface area contributed by atoms with Gasteiger partial charge in [0.05, 0.1) is 0 Å². The van der Waals surface area contributed by atoms with E-state index < -0.39 is 0 Å². The molecule has 0 bridgehead atoms. The van der Waals surface area contributed by atoms with Crippen LogP contribution in [0, 0.1) is 0 Å². The maximum absolute atomic E-state index is 5.53. The third-order valence-electron chi connectivity index (χ3n) is 2.04. The van der Waals surface area contributed by atoms with Gasteiger partial charge in [-0.25, -0.2) is 0 Å². The largest absolute Gasteiger partial charge is 0.363 e. The van der Waals surface area contributed by atoms with Gasteiger partial charge in [-0.1, -0.05) is 0 Å². The third kappa shape index (κ3) is 1.25. The minimum Gasteiger partial charge on any atom is -0.363 e. The van der Waals surface area contributed by atoms with E-state index in [-0.39, 0.29) is 0 Å². The van der Waals surface area contributed by atoms with Gasteiger partial charge in [0, 0.05) is 19.7 Å². The van der Waals surface area contributed by atoms with Gasteiger partial charge in [-0.15, -0.1) is 0 Å². The molecule has 0 aromatic rings. The van der Waals surface area contributed by atoms with Crippen molar-refractivity contribution < 1.29 is 4.74 Å². The molecular formula is C7H13NO. The molecule has 2 fully saturated rings. The minimum absolute atomic E-state index is 0.499. The normalized spacial score (nSPS) is 36.7. The molecule has 0 saturated carbocycles. The lowest BCUT2D eigenvalue weighted by atomic mass is 10.2. The van der Waals surface area contributed by atoms with Crippen molar-refractivity contribution in [3.8, 4) is 0 Å². The van der Waals surface area contributed by atoms with Gasteiger partial charge in [-0.2, -0.15) is 0 Å². The van der Waals surface area contributed by atoms with E-state index in [0.717, 1.165) is 6.61 Å². The minimum atomic E-state index is 0.499. The van der Waals surface area contributed by atoms with E-state index in [2.05, 4.69) is 4.90 Å². The van der Waals surface area contributed by atoms with Crippen LogP contribution < -0.4 is 0 Å². The van der Waals surface area contributed by atoms with Crippen LogP contribution in [0.5, 0.6) is 0 Å². The Balaban J connectivity index is 1.80. The van der Waals surface area contributed by atoms with Crippen molar-refractivity contribution in [1.29, 1.82) is 0 Å². The zero-order chi connectivity index (χ0) is 6.10. The standard InChI is InChI=1S/C7H13NO/c1-2-6-9-7(3-1)8-4-5-8/h7H,1-6H2. The fourth-order valence-corrected chi connectivity index (χ4v) is 1.36. The Morgan fingerprint density at radius 2 is 2.11 bits per heavy atom. The maximum Gasteiger partial charge on any atom is 0.110 e. The third-order valence-corrected chi connectivity index (χ3v) is 2.04. The molecule has 2 saturated heterocycles. The predicted octanol–water partition coefficient (Wildman–Crippen LogP) is 0.829. The SMILES string of the molecule is C1CCC(N2CC2)OC1. The maximum atomic E-state index is 5.53. The van der Waals surface area contributed by atoms with Crippen molar-refractivity contribution in [1.82, 2.24) is 4.90 Å². The van der Waals surface area contributed by atoms with Gasteiger partial charge in [0.25, 0.3) is 0 Å². The number of rotatable bonds is 1. The Bertz CT molecular complexity index is 95.1. The summed E-state index contributed by atoms with van der Waals surface area (Å²) in [4.78, 5) is 2.39. The van der Waals surface area contributed by atoms with E-state index in [0.29, 0.717) is 6.23 Å². The fourth-order valence-electron chi connectivity index (χ4n) is 1.36. The molecule has 0 radical (unpaired) electrons. The van der Waals surface area contributed by atoms with E-state index in [4.69, 9.17) is 4.74 Å². The zero-order valence-electron chi connectivity index (χ0n) is 5.68. The van der Waals surface area contributed by atoms with Gasteiger partial charge in [-0.05, 0) is 19.3 Å². The van der Waals surface area contributed by atoms with E-state index in [1.807, 2.05) is 0 Å². The highest BCUT2D eigenvalue weighted by molar-refractivity contribution is 4.77. The summed E-state index contributed by atoms with van der Waals surface area (Å²) in [6.07, 6.45) is 4.39. The van der Waals surface area contributed by atoms with Gasteiger partial charge in [-0.3, -0.25) is 4.90 Å². The quantitative estimate of drug-likeness (QED) is 0.484. The molecule has 0 aromatic carbocycles. The van der Waals surface area contributed by atoms with Crippen LogP contribution in [0.25, 0.3) is 0 Å². The number of nitrogens with zero attached hydrogens (tertiary/aromatic N) is 1. The van der Waals surface area contributed by atoms with Crippen LogP contribution in [0.15, 0.2) is 0 Å². The Hall–Kier alpha value is -0.0800. The summed E-state index contributed by atoms with van der Waals surface area (Å²) in [6, 6.07) is 0. The Morgan fingerprint density at radius 1 is 1.22 bits per heavy atom. The second-order valence-corrected chi connectivity index (χ2v) is 2.86. The lowest BCUT2D eigenvalue weighted by Crippen LogP contribution is -2.26. The van der Waals surface area contributed by atoms with Gasteiger partial charge in [0.2, 0.25) is 0 Å². The van der Waals surface area contributed by atoms with Crippen molar-refractivity contribution in [2.24, 2.45) is 0 Å². The molecule has 0 aromatic heterocycles. The molecule has 0 spiro atoms. The van der Waals surface area contributed by atoms with Crippen LogP contribution in [0.1, 0.15) is 19.3 Å². The highest BCUT2D eigenvalue weighted by Gasteiger charge is 2.28. The molecule has 52 valence electrons. The predicted molar refractivity (Wildman–Crippen MR) is 35.2 cm³/mol. The second kappa shape index (κ2) is 2.27. The van der Waals surface area contributed by atoms with Crippen molar-refractivity contribution in [3.63, 3.8) is 0 Å². The fraction of sp³-hybridized carbons (Fsp3) is 1.00. The molecular weight excluding hydrogens is 114 g/mol. The Labute approximate surface area is 55.8 Å². The molecule has 0 N–H and O–H groups in total. The molecule has 2 aliphatic rings. The first-order valence-electron chi connectivity index (χ1n) is 3.82. The monoisotopic (exact) mass is 127 g/mol. The first-order valence-corrected chi connectivity index (χ1v) is 3.82. The molecule has 1 atom stereocenters. The molecule has 2 heteroatoms. The summed E-state index contributed by atoms with van der Waals surface area (Å²) in [5, 5.41) is 0. The van der Waals surface area contributed by atoms with Crippen LogP contribution in [0.3, 0.4) is 0 Å². The summed E-state index contributed by atoms with van der Waals surface area (Å²) >= 11 is 0. The van der Waals surface area contributed by atoms with E-state index >= 15 is 0 Å². The lowest BCUT2D eigenvalue weighted by Gasteiger charge is -2.22. The average molecular weight is 127 g/mol. The highest BCUT2D eigenvalue weighted by Crippen LogP contribution is 2.21. The first-order chi connectivity index (χ1) is 4.47. The molecule has 1 unspecified atom stereocenters. The van der Waals surface area contributed by atoms with Gasteiger partial charge < -0.3 is 4.74 Å². The van der Waals surface area contributed by atoms with Gasteiger partial charge in [0.1, 0.15) is 6.23 Å². The zero-order valence-corrected chi connectivity index (χ0v) is 5.68.